The Morgan fingerprint density at radius 1 is 1.17 bits per heavy atom. The number of hydrogen-bond donors (Lipinski definition) is 2. The molecule has 4 aliphatic rings. The third kappa shape index (κ3) is 3.49. The average Bonchev–Trinajstić information content (AvgIpc) is 3.24. The summed E-state index contributed by atoms with van der Waals surface area (Å²) in [6, 6.07) is 6.42. The first kappa shape index (κ1) is 18.8. The van der Waals surface area contributed by atoms with Crippen molar-refractivity contribution >= 4 is 11.8 Å². The Balaban J connectivity index is 1.15. The van der Waals surface area contributed by atoms with E-state index in [4.69, 9.17) is 0 Å². The van der Waals surface area contributed by atoms with Gasteiger partial charge in [0.2, 0.25) is 11.8 Å². The monoisotopic (exact) mass is 396 g/mol. The molecule has 4 atom stereocenters. The lowest BCUT2D eigenvalue weighted by atomic mass is 9.85. The van der Waals surface area contributed by atoms with E-state index in [2.05, 4.69) is 22.8 Å². The molecule has 154 valence electrons. The zero-order valence-corrected chi connectivity index (χ0v) is 16.8. The number of allylic oxidation sites excluding steroid dienone is 2. The number of halogens is 1. The number of carbonyl (C=O) groups excluding carboxylic acids is 2. The quantitative estimate of drug-likeness (QED) is 0.693. The van der Waals surface area contributed by atoms with Gasteiger partial charge in [-0.3, -0.25) is 9.59 Å². The van der Waals surface area contributed by atoms with Crippen molar-refractivity contribution in [2.24, 2.45) is 23.2 Å². The van der Waals surface area contributed by atoms with Crippen LogP contribution in [-0.2, 0) is 16.0 Å². The maximum absolute atomic E-state index is 13.2. The van der Waals surface area contributed by atoms with Crippen molar-refractivity contribution in [2.45, 2.75) is 56.9 Å². The fraction of sp³-hybridized carbons (Fsp3) is 0.583. The van der Waals surface area contributed by atoms with E-state index >= 15 is 0 Å². The molecule has 1 aromatic rings. The minimum absolute atomic E-state index is 0.0380. The summed E-state index contributed by atoms with van der Waals surface area (Å²) >= 11 is 0. The molecule has 4 nitrogen and oxygen atoms in total. The molecule has 2 N–H and O–H groups in total. The summed E-state index contributed by atoms with van der Waals surface area (Å²) < 4.78 is 13.2. The lowest BCUT2D eigenvalue weighted by Crippen LogP contribution is -2.44. The van der Waals surface area contributed by atoms with Gasteiger partial charge in [-0.05, 0) is 79.4 Å². The van der Waals surface area contributed by atoms with E-state index < -0.39 is 5.54 Å². The highest BCUT2D eigenvalue weighted by molar-refractivity contribution is 5.80. The van der Waals surface area contributed by atoms with Gasteiger partial charge in [0.05, 0.1) is 0 Å². The van der Waals surface area contributed by atoms with Gasteiger partial charge in [-0.2, -0.15) is 0 Å². The van der Waals surface area contributed by atoms with Crippen molar-refractivity contribution < 1.29 is 14.0 Å². The Labute approximate surface area is 171 Å². The van der Waals surface area contributed by atoms with Crippen LogP contribution in [-0.4, -0.2) is 23.9 Å². The van der Waals surface area contributed by atoms with Crippen LogP contribution in [0.3, 0.4) is 0 Å². The highest BCUT2D eigenvalue weighted by Gasteiger charge is 2.62. The molecule has 0 radical (unpaired) electrons. The number of hydrogen-bond acceptors (Lipinski definition) is 2. The van der Waals surface area contributed by atoms with Gasteiger partial charge in [0.25, 0.3) is 0 Å². The van der Waals surface area contributed by atoms with Crippen LogP contribution in [0.4, 0.5) is 4.39 Å². The molecule has 1 saturated heterocycles. The van der Waals surface area contributed by atoms with Crippen molar-refractivity contribution in [2.75, 3.05) is 6.54 Å². The van der Waals surface area contributed by atoms with E-state index in [0.29, 0.717) is 42.9 Å². The molecule has 3 aliphatic carbocycles. The highest BCUT2D eigenvalue weighted by Crippen LogP contribution is 2.69. The summed E-state index contributed by atoms with van der Waals surface area (Å²) in [6.45, 7) is 0.767. The van der Waals surface area contributed by atoms with E-state index in [1.54, 1.807) is 12.1 Å². The van der Waals surface area contributed by atoms with Gasteiger partial charge in [0, 0.05) is 24.9 Å². The summed E-state index contributed by atoms with van der Waals surface area (Å²) in [5, 5.41) is 6.27. The summed E-state index contributed by atoms with van der Waals surface area (Å²) in [5.41, 5.74) is 1.14. The number of nitrogens with one attached hydrogen (secondary N) is 2. The zero-order chi connectivity index (χ0) is 20.1. The maximum Gasteiger partial charge on any atom is 0.220 e. The molecule has 2 bridgehead atoms. The SMILES string of the molecule is O=C(CC[C@@]1(Cc2ccc(F)cc2)CCC(=O)N1)NC[C@H]1C[C@H]2C=C[C@H]1C21CC1. The standard InChI is InChI=1S/C24H29FN2O2/c25-19-4-1-16(2-5-19)14-23(10-8-22(29)27-23)9-7-21(28)26-15-17-13-18-3-6-20(17)24(18)11-12-24/h1-6,17-18,20H,7-15H2,(H,26,28)(H,27,29)/t17-,18-,20-,23+/m1/s1. The largest absolute Gasteiger partial charge is 0.356 e. The Morgan fingerprint density at radius 2 is 1.97 bits per heavy atom. The van der Waals surface area contributed by atoms with Gasteiger partial charge in [0.15, 0.2) is 0 Å². The topological polar surface area (TPSA) is 58.2 Å². The lowest BCUT2D eigenvalue weighted by molar-refractivity contribution is -0.123. The van der Waals surface area contributed by atoms with Crippen LogP contribution in [0.25, 0.3) is 0 Å². The molecule has 1 heterocycles. The minimum atomic E-state index is -0.403. The zero-order valence-electron chi connectivity index (χ0n) is 16.8. The predicted molar refractivity (Wildman–Crippen MR) is 108 cm³/mol. The molecule has 0 unspecified atom stereocenters. The van der Waals surface area contributed by atoms with E-state index in [1.807, 2.05) is 0 Å². The molecule has 1 aromatic carbocycles. The van der Waals surface area contributed by atoms with E-state index in [1.165, 1.54) is 31.4 Å². The smallest absolute Gasteiger partial charge is 0.220 e. The molecule has 2 amide bonds. The van der Waals surface area contributed by atoms with Gasteiger partial charge < -0.3 is 10.6 Å². The molecular weight excluding hydrogens is 367 g/mol. The number of amides is 2. The van der Waals surface area contributed by atoms with Crippen LogP contribution in [0.1, 0.15) is 50.5 Å². The second-order valence-electron chi connectivity index (χ2n) is 9.68. The first-order valence-electron chi connectivity index (χ1n) is 11.0. The Hall–Kier alpha value is -2.17. The first-order chi connectivity index (χ1) is 14.0. The maximum atomic E-state index is 13.2. The van der Waals surface area contributed by atoms with E-state index in [9.17, 15) is 14.0 Å². The van der Waals surface area contributed by atoms with Crippen molar-refractivity contribution in [3.05, 3.63) is 47.8 Å². The van der Waals surface area contributed by atoms with Crippen LogP contribution in [0.5, 0.6) is 0 Å². The van der Waals surface area contributed by atoms with Gasteiger partial charge in [-0.25, -0.2) is 4.39 Å². The summed E-state index contributed by atoms with van der Waals surface area (Å²) in [6.07, 6.45) is 11.6. The Morgan fingerprint density at radius 3 is 2.62 bits per heavy atom. The molecule has 0 aromatic heterocycles. The Bertz CT molecular complexity index is 845. The first-order valence-corrected chi connectivity index (χ1v) is 11.0. The summed E-state index contributed by atoms with van der Waals surface area (Å²) in [7, 11) is 0. The van der Waals surface area contributed by atoms with Crippen molar-refractivity contribution in [1.82, 2.24) is 10.6 Å². The Kier molecular flexibility index (Phi) is 4.52. The molecule has 5 heteroatoms. The second-order valence-corrected chi connectivity index (χ2v) is 9.68. The van der Waals surface area contributed by atoms with Crippen molar-refractivity contribution in [1.29, 1.82) is 0 Å². The molecule has 1 aliphatic heterocycles. The number of carbonyl (C=O) groups is 2. The van der Waals surface area contributed by atoms with Crippen LogP contribution in [0, 0.1) is 29.0 Å². The van der Waals surface area contributed by atoms with Crippen molar-refractivity contribution in [3.63, 3.8) is 0 Å². The molecular formula is C24H29FN2O2. The second kappa shape index (κ2) is 6.96. The van der Waals surface area contributed by atoms with E-state index in [0.717, 1.165) is 24.4 Å². The van der Waals surface area contributed by atoms with Gasteiger partial charge in [-0.1, -0.05) is 24.3 Å². The summed E-state index contributed by atoms with van der Waals surface area (Å²) in [4.78, 5) is 24.5. The minimum Gasteiger partial charge on any atom is -0.356 e. The number of rotatable bonds is 7. The molecule has 5 rings (SSSR count). The molecule has 2 saturated carbocycles. The predicted octanol–water partition coefficient (Wildman–Crippen LogP) is 3.52. The van der Waals surface area contributed by atoms with Crippen LogP contribution >= 0.6 is 0 Å². The third-order valence-electron chi connectivity index (χ3n) is 7.93. The molecule has 3 fully saturated rings. The lowest BCUT2D eigenvalue weighted by Gasteiger charge is -2.29. The highest BCUT2D eigenvalue weighted by atomic mass is 19.1. The van der Waals surface area contributed by atoms with Gasteiger partial charge in [0.1, 0.15) is 5.82 Å². The van der Waals surface area contributed by atoms with Crippen LogP contribution in [0.15, 0.2) is 36.4 Å². The normalized spacial score (nSPS) is 33.3. The number of benzene rings is 1. The molecule has 29 heavy (non-hydrogen) atoms. The average molecular weight is 397 g/mol. The fourth-order valence-electron chi connectivity index (χ4n) is 6.22. The van der Waals surface area contributed by atoms with Crippen molar-refractivity contribution in [3.8, 4) is 0 Å². The fourth-order valence-corrected chi connectivity index (χ4v) is 6.22. The van der Waals surface area contributed by atoms with Gasteiger partial charge in [-0.15, -0.1) is 0 Å². The van der Waals surface area contributed by atoms with E-state index in [-0.39, 0.29) is 17.6 Å². The van der Waals surface area contributed by atoms with Crippen LogP contribution in [0.2, 0.25) is 0 Å². The summed E-state index contributed by atoms with van der Waals surface area (Å²) in [5.74, 6) is 1.82. The molecule has 1 spiro atoms. The van der Waals surface area contributed by atoms with Gasteiger partial charge >= 0.3 is 0 Å². The van der Waals surface area contributed by atoms with Crippen LogP contribution < -0.4 is 10.6 Å². The third-order valence-corrected chi connectivity index (χ3v) is 7.93.